The number of carbonyl (C=O) groups is 8. The van der Waals surface area contributed by atoms with Crippen LogP contribution in [0.15, 0.2) is 58.5 Å². The van der Waals surface area contributed by atoms with Gasteiger partial charge >= 0.3 is 5.97 Å². The molecule has 0 saturated heterocycles. The molecule has 7 atom stereocenters. The number of nitrogens with two attached hydrogens (primary N) is 6. The summed E-state index contributed by atoms with van der Waals surface area (Å²) in [7, 11) is 0. The summed E-state index contributed by atoms with van der Waals surface area (Å²) < 4.78 is 0. The zero-order valence-corrected chi connectivity index (χ0v) is 36.0. The topological polar surface area (TPSA) is 450 Å². The summed E-state index contributed by atoms with van der Waals surface area (Å²) in [4.78, 5) is 112. The monoisotopic (exact) mass is 912 g/mol. The number of aromatic hydroxyl groups is 2. The number of carbonyl (C=O) groups excluding carboxylic acids is 7. The molecule has 0 spiro atoms. The molecular formula is C40H60N14O11. The van der Waals surface area contributed by atoms with Crippen LogP contribution in [0.4, 0.5) is 0 Å². The van der Waals surface area contributed by atoms with Crippen LogP contribution in [0.25, 0.3) is 0 Å². The van der Waals surface area contributed by atoms with Crippen LogP contribution in [0.2, 0.25) is 0 Å². The molecule has 0 aliphatic carbocycles. The van der Waals surface area contributed by atoms with E-state index < -0.39 is 96.0 Å². The van der Waals surface area contributed by atoms with E-state index in [-0.39, 0.29) is 75.0 Å². The van der Waals surface area contributed by atoms with E-state index in [0.717, 1.165) is 0 Å². The Labute approximate surface area is 374 Å². The summed E-state index contributed by atoms with van der Waals surface area (Å²) in [5.74, 6) is -8.04. The molecule has 25 heteroatoms. The Morgan fingerprint density at radius 2 is 0.877 bits per heavy atom. The Morgan fingerprint density at radius 1 is 0.523 bits per heavy atom. The minimum absolute atomic E-state index is 0.0562. The summed E-state index contributed by atoms with van der Waals surface area (Å²) in [6.45, 7) is 2.74. The van der Waals surface area contributed by atoms with Crippen molar-refractivity contribution in [1.82, 2.24) is 31.9 Å². The van der Waals surface area contributed by atoms with E-state index in [9.17, 15) is 53.7 Å². The lowest BCUT2D eigenvalue weighted by atomic mass is 10.0. The number of nitrogens with zero attached hydrogens (tertiary/aromatic N) is 2. The normalized spacial score (nSPS) is 14.0. The number of primary amides is 1. The maximum Gasteiger partial charge on any atom is 0.326 e. The van der Waals surface area contributed by atoms with Crippen LogP contribution in [0.3, 0.4) is 0 Å². The van der Waals surface area contributed by atoms with Crippen LogP contribution >= 0.6 is 0 Å². The lowest BCUT2D eigenvalue weighted by Gasteiger charge is -2.26. The molecule has 0 heterocycles. The molecule has 0 fully saturated rings. The van der Waals surface area contributed by atoms with E-state index in [4.69, 9.17) is 34.4 Å². The second kappa shape index (κ2) is 26.7. The Morgan fingerprint density at radius 3 is 1.29 bits per heavy atom. The summed E-state index contributed by atoms with van der Waals surface area (Å²) in [6, 6.07) is 1.74. The molecule has 0 bridgehead atoms. The highest BCUT2D eigenvalue weighted by molar-refractivity contribution is 5.97. The van der Waals surface area contributed by atoms with Gasteiger partial charge in [-0.1, -0.05) is 24.3 Å². The minimum Gasteiger partial charge on any atom is -0.508 e. The van der Waals surface area contributed by atoms with Crippen molar-refractivity contribution in [3.05, 3.63) is 59.7 Å². The molecular weight excluding hydrogens is 853 g/mol. The number of guanidine groups is 2. The number of aliphatic imine (C=N–C) groups is 2. The number of hydrogen-bond donors (Lipinski definition) is 15. The van der Waals surface area contributed by atoms with Crippen molar-refractivity contribution >= 4 is 59.2 Å². The first kappa shape index (κ1) is 53.4. The number of rotatable bonds is 27. The molecule has 25 nitrogen and oxygen atoms in total. The van der Waals surface area contributed by atoms with E-state index in [1.807, 2.05) is 0 Å². The van der Waals surface area contributed by atoms with Gasteiger partial charge in [-0.3, -0.25) is 43.5 Å². The fraction of sp³-hybridized carbons (Fsp3) is 0.450. The number of aliphatic carboxylic acids is 1. The number of amides is 7. The standard InChI is InChI=1S/C40H60N14O11/c1-20(49-34(60)26(41)19-31(42)57)33(59)53-30(18-23-9-13-25(56)14-10-23)37(63)54-29(17-22-7-11-24(55)12-8-22)36(62)50-21(2)32(58)51-27(5-3-15-47-39(43)44)35(61)52-28(38(64)65)6-4-16-48-40(45)46/h7-14,20-21,26-30,55-56H,3-6,15-19,41H2,1-2H3,(H2,42,57)(H,49,60)(H,50,62)(H,51,58)(H,52,61)(H,53,59)(H,54,63)(H,64,65)(H4,43,44,47)(H4,45,46,48)/t20-,21-,26-,27-,28-,29-,30-/m0/s1. The second-order valence-electron chi connectivity index (χ2n) is 15.0. The smallest absolute Gasteiger partial charge is 0.326 e. The Balaban J connectivity index is 2.37. The van der Waals surface area contributed by atoms with Crippen molar-refractivity contribution < 1.29 is 53.7 Å². The third kappa shape index (κ3) is 20.4. The number of hydrogen-bond acceptors (Lipinski definition) is 13. The molecule has 7 amide bonds. The Hall–Kier alpha value is -7.70. The minimum atomic E-state index is -1.45. The number of carboxylic acids is 1. The number of benzene rings is 2. The van der Waals surface area contributed by atoms with Crippen LogP contribution in [0.1, 0.15) is 57.1 Å². The van der Waals surface area contributed by atoms with E-state index in [1.54, 1.807) is 0 Å². The molecule has 21 N–H and O–H groups in total. The summed E-state index contributed by atoms with van der Waals surface area (Å²) in [6.07, 6.45) is -0.651. The van der Waals surface area contributed by atoms with Gasteiger partial charge in [0.1, 0.15) is 47.8 Å². The van der Waals surface area contributed by atoms with Gasteiger partial charge in [0.15, 0.2) is 11.9 Å². The SMILES string of the molecule is C[C@H](NC(=O)[C@H](Cc1ccc(O)cc1)NC(=O)[C@H](Cc1ccc(O)cc1)NC(=O)[C@H](C)NC(=O)[C@@H](N)CC(N)=O)C(=O)N[C@@H](CCCN=C(N)N)C(=O)N[C@@H](CCCN=C(N)N)C(=O)O. The highest BCUT2D eigenvalue weighted by Crippen LogP contribution is 2.14. The molecule has 65 heavy (non-hydrogen) atoms. The molecule has 0 aromatic heterocycles. The fourth-order valence-corrected chi connectivity index (χ4v) is 5.90. The van der Waals surface area contributed by atoms with Gasteiger partial charge in [-0.25, -0.2) is 4.79 Å². The Kier molecular flexibility index (Phi) is 22.0. The van der Waals surface area contributed by atoms with Crippen molar-refractivity contribution in [2.24, 2.45) is 44.4 Å². The molecule has 2 aromatic rings. The van der Waals surface area contributed by atoms with Gasteiger partial charge in [0.05, 0.1) is 12.5 Å². The molecule has 0 aliphatic heterocycles. The fourth-order valence-electron chi connectivity index (χ4n) is 5.90. The molecule has 0 aliphatic rings. The van der Waals surface area contributed by atoms with Gasteiger partial charge in [-0.2, -0.15) is 0 Å². The van der Waals surface area contributed by atoms with Crippen LogP contribution in [-0.2, 0) is 51.2 Å². The van der Waals surface area contributed by atoms with Crippen LogP contribution in [0, 0.1) is 0 Å². The second-order valence-corrected chi connectivity index (χ2v) is 15.0. The summed E-state index contributed by atoms with van der Waals surface area (Å²) >= 11 is 0. The first-order chi connectivity index (χ1) is 30.6. The predicted octanol–water partition coefficient (Wildman–Crippen LogP) is -4.77. The van der Waals surface area contributed by atoms with Crippen LogP contribution in [0.5, 0.6) is 11.5 Å². The molecule has 0 radical (unpaired) electrons. The van der Waals surface area contributed by atoms with E-state index in [2.05, 4.69) is 41.9 Å². The van der Waals surface area contributed by atoms with E-state index in [0.29, 0.717) is 11.1 Å². The average Bonchev–Trinajstić information content (AvgIpc) is 3.23. The molecule has 2 rings (SSSR count). The van der Waals surface area contributed by atoms with E-state index in [1.165, 1.54) is 62.4 Å². The van der Waals surface area contributed by atoms with Crippen molar-refractivity contribution in [3.63, 3.8) is 0 Å². The largest absolute Gasteiger partial charge is 0.508 e. The lowest BCUT2D eigenvalue weighted by molar-refractivity contribution is -0.142. The molecule has 2 aromatic carbocycles. The quantitative estimate of drug-likeness (QED) is 0.0227. The molecule has 0 saturated carbocycles. The predicted molar refractivity (Wildman–Crippen MR) is 236 cm³/mol. The number of phenols is 2. The van der Waals surface area contributed by atoms with E-state index >= 15 is 0 Å². The summed E-state index contributed by atoms with van der Waals surface area (Å²) in [5, 5.41) is 44.3. The zero-order chi connectivity index (χ0) is 48.8. The van der Waals surface area contributed by atoms with Crippen molar-refractivity contribution in [3.8, 4) is 11.5 Å². The highest BCUT2D eigenvalue weighted by atomic mass is 16.4. The maximum atomic E-state index is 14.1. The number of carboxylic acid groups (broad SMARTS) is 1. The first-order valence-electron chi connectivity index (χ1n) is 20.3. The van der Waals surface area contributed by atoms with Crippen LogP contribution in [-0.4, -0.2) is 130 Å². The van der Waals surface area contributed by atoms with Crippen molar-refractivity contribution in [2.45, 2.75) is 101 Å². The van der Waals surface area contributed by atoms with Crippen LogP contribution < -0.4 is 66.3 Å². The highest BCUT2D eigenvalue weighted by Gasteiger charge is 2.32. The average molecular weight is 913 g/mol. The van der Waals surface area contributed by atoms with Crippen molar-refractivity contribution in [1.29, 1.82) is 0 Å². The van der Waals surface area contributed by atoms with Gasteiger partial charge in [0, 0.05) is 25.9 Å². The molecule has 0 unspecified atom stereocenters. The lowest BCUT2D eigenvalue weighted by Crippen LogP contribution is -2.60. The van der Waals surface area contributed by atoms with Gasteiger partial charge in [-0.05, 0) is 74.9 Å². The first-order valence-corrected chi connectivity index (χ1v) is 20.3. The van der Waals surface area contributed by atoms with Gasteiger partial charge < -0.3 is 81.6 Å². The third-order valence-electron chi connectivity index (χ3n) is 9.42. The zero-order valence-electron chi connectivity index (χ0n) is 36.0. The number of nitrogens with one attached hydrogen (secondary N) is 6. The molecule has 356 valence electrons. The Bertz CT molecular complexity index is 2020. The number of phenolic OH excluding ortho intramolecular Hbond substituents is 2. The summed E-state index contributed by atoms with van der Waals surface area (Å²) in [5.41, 5.74) is 33.2. The van der Waals surface area contributed by atoms with Gasteiger partial charge in [0.2, 0.25) is 41.4 Å². The maximum absolute atomic E-state index is 14.1. The third-order valence-corrected chi connectivity index (χ3v) is 9.42. The van der Waals surface area contributed by atoms with Gasteiger partial charge in [-0.15, -0.1) is 0 Å². The van der Waals surface area contributed by atoms with Gasteiger partial charge in [0.25, 0.3) is 0 Å². The van der Waals surface area contributed by atoms with Crippen molar-refractivity contribution in [2.75, 3.05) is 13.1 Å².